The van der Waals surface area contributed by atoms with E-state index in [1.807, 2.05) is 30.3 Å². The Morgan fingerprint density at radius 2 is 1.32 bits per heavy atom. The van der Waals surface area contributed by atoms with Crippen molar-refractivity contribution in [3.8, 4) is 0 Å². The Morgan fingerprint density at radius 3 is 1.77 bits per heavy atom. The molecule has 0 aromatic heterocycles. The average molecular weight is 304 g/mol. The maximum Gasteiger partial charge on any atom is 0.427 e. The van der Waals surface area contributed by atoms with Gasteiger partial charge in [-0.1, -0.05) is 60.7 Å². The maximum atomic E-state index is 13.8. The van der Waals surface area contributed by atoms with Gasteiger partial charge in [0.05, 0.1) is 5.54 Å². The maximum absolute atomic E-state index is 13.8. The number of hydrogen-bond donors (Lipinski definition) is 1. The van der Waals surface area contributed by atoms with Crippen LogP contribution in [0.1, 0.15) is 24.0 Å². The fourth-order valence-corrected chi connectivity index (χ4v) is 3.30. The molecule has 5 heteroatoms. The van der Waals surface area contributed by atoms with E-state index in [-0.39, 0.29) is 5.56 Å². The molecular weight excluding hydrogens is 289 g/mol. The lowest BCUT2D eigenvalue weighted by Crippen LogP contribution is -2.38. The summed E-state index contributed by atoms with van der Waals surface area (Å²) in [5.41, 5.74) is 1.21. The SMILES string of the molecule is FC(F)(F)C1(c2ccccc2)NN1C1(c2ccccc2)CC1. The first kappa shape index (κ1) is 13.8. The van der Waals surface area contributed by atoms with Crippen LogP contribution < -0.4 is 5.43 Å². The second-order valence-electron chi connectivity index (χ2n) is 5.92. The van der Waals surface area contributed by atoms with Crippen molar-refractivity contribution in [3.63, 3.8) is 0 Å². The van der Waals surface area contributed by atoms with Gasteiger partial charge in [0, 0.05) is 0 Å². The quantitative estimate of drug-likeness (QED) is 0.870. The molecular formula is C17H15F3N2. The lowest BCUT2D eigenvalue weighted by molar-refractivity contribution is -0.178. The lowest BCUT2D eigenvalue weighted by atomic mass is 9.99. The number of halogens is 3. The van der Waals surface area contributed by atoms with Gasteiger partial charge in [0.15, 0.2) is 0 Å². The van der Waals surface area contributed by atoms with Gasteiger partial charge in [0.25, 0.3) is 0 Å². The van der Waals surface area contributed by atoms with E-state index in [0.29, 0.717) is 0 Å². The Morgan fingerprint density at radius 1 is 0.818 bits per heavy atom. The predicted octanol–water partition coefficient (Wildman–Crippen LogP) is 3.91. The van der Waals surface area contributed by atoms with E-state index < -0.39 is 17.4 Å². The second-order valence-corrected chi connectivity index (χ2v) is 5.92. The normalized spacial score (nSPS) is 29.1. The minimum Gasteiger partial charge on any atom is -0.219 e. The van der Waals surface area contributed by atoms with Crippen molar-refractivity contribution in [2.45, 2.75) is 30.2 Å². The minimum atomic E-state index is -4.38. The molecule has 2 aliphatic rings. The Hall–Kier alpha value is -1.85. The molecule has 0 bridgehead atoms. The molecule has 1 heterocycles. The molecule has 2 unspecified atom stereocenters. The third-order valence-corrected chi connectivity index (χ3v) is 4.62. The predicted molar refractivity (Wildman–Crippen MR) is 76.5 cm³/mol. The number of hydrogen-bond acceptors (Lipinski definition) is 2. The van der Waals surface area contributed by atoms with Crippen molar-refractivity contribution < 1.29 is 13.2 Å². The van der Waals surface area contributed by atoms with E-state index in [1.54, 1.807) is 18.2 Å². The first-order chi connectivity index (χ1) is 10.5. The summed E-state index contributed by atoms with van der Waals surface area (Å²) in [6, 6.07) is 17.5. The van der Waals surface area contributed by atoms with E-state index in [9.17, 15) is 13.2 Å². The van der Waals surface area contributed by atoms with E-state index >= 15 is 0 Å². The van der Waals surface area contributed by atoms with Crippen molar-refractivity contribution in [3.05, 3.63) is 71.8 Å². The highest BCUT2D eigenvalue weighted by Gasteiger charge is 2.78. The zero-order valence-corrected chi connectivity index (χ0v) is 11.8. The van der Waals surface area contributed by atoms with Crippen LogP contribution in [0, 0.1) is 0 Å². The molecule has 4 rings (SSSR count). The van der Waals surface area contributed by atoms with Gasteiger partial charge in [-0.2, -0.15) is 18.2 Å². The summed E-state index contributed by atoms with van der Waals surface area (Å²) >= 11 is 0. The highest BCUT2D eigenvalue weighted by Crippen LogP contribution is 2.63. The molecule has 2 aromatic rings. The molecule has 2 nitrogen and oxygen atoms in total. The molecule has 1 aliphatic carbocycles. The molecule has 2 fully saturated rings. The smallest absolute Gasteiger partial charge is 0.219 e. The first-order valence-electron chi connectivity index (χ1n) is 7.27. The van der Waals surface area contributed by atoms with Crippen LogP contribution in [0.2, 0.25) is 0 Å². The Labute approximate surface area is 126 Å². The van der Waals surface area contributed by atoms with Crippen LogP contribution in [0.4, 0.5) is 13.2 Å². The highest BCUT2D eigenvalue weighted by molar-refractivity contribution is 5.38. The van der Waals surface area contributed by atoms with Gasteiger partial charge in [-0.3, -0.25) is 0 Å². The van der Waals surface area contributed by atoms with Crippen molar-refractivity contribution in [1.82, 2.24) is 10.4 Å². The van der Waals surface area contributed by atoms with Gasteiger partial charge in [-0.15, -0.1) is 0 Å². The molecule has 22 heavy (non-hydrogen) atoms. The Balaban J connectivity index is 1.76. The third-order valence-electron chi connectivity index (χ3n) is 4.62. The molecule has 1 saturated carbocycles. The number of hydrazine groups is 1. The first-order valence-corrected chi connectivity index (χ1v) is 7.27. The van der Waals surface area contributed by atoms with Crippen LogP contribution in [0.15, 0.2) is 60.7 Å². The summed E-state index contributed by atoms with van der Waals surface area (Å²) in [6.07, 6.45) is -2.91. The van der Waals surface area contributed by atoms with Crippen LogP contribution >= 0.6 is 0 Å². The third kappa shape index (κ3) is 1.76. The summed E-state index contributed by atoms with van der Waals surface area (Å²) in [5, 5.41) is 1.39. The fourth-order valence-electron chi connectivity index (χ4n) is 3.30. The van der Waals surface area contributed by atoms with Gasteiger partial charge in [-0.05, 0) is 24.0 Å². The second kappa shape index (κ2) is 4.33. The van der Waals surface area contributed by atoms with Crippen molar-refractivity contribution >= 4 is 0 Å². The summed E-state index contributed by atoms with van der Waals surface area (Å²) < 4.78 is 41.4. The molecule has 1 aliphatic heterocycles. The van der Waals surface area contributed by atoms with Crippen LogP contribution in [0.25, 0.3) is 0 Å². The summed E-state index contributed by atoms with van der Waals surface area (Å²) in [7, 11) is 0. The van der Waals surface area contributed by atoms with Crippen LogP contribution in [-0.4, -0.2) is 11.2 Å². The molecule has 0 radical (unpaired) electrons. The molecule has 1 saturated heterocycles. The molecule has 2 aromatic carbocycles. The van der Waals surface area contributed by atoms with E-state index in [4.69, 9.17) is 0 Å². The summed E-state index contributed by atoms with van der Waals surface area (Å²) in [4.78, 5) is 0. The number of alkyl halides is 3. The van der Waals surface area contributed by atoms with Crippen molar-refractivity contribution in [1.29, 1.82) is 0 Å². The summed E-state index contributed by atoms with van der Waals surface area (Å²) in [6.45, 7) is 0. The lowest BCUT2D eigenvalue weighted by Gasteiger charge is -2.24. The zero-order valence-electron chi connectivity index (χ0n) is 11.8. The van der Waals surface area contributed by atoms with Crippen molar-refractivity contribution in [2.24, 2.45) is 0 Å². The Bertz CT molecular complexity index is 680. The topological polar surface area (TPSA) is 25.0 Å². The van der Waals surface area contributed by atoms with E-state index in [1.165, 1.54) is 17.1 Å². The van der Waals surface area contributed by atoms with Crippen LogP contribution in [0.3, 0.4) is 0 Å². The van der Waals surface area contributed by atoms with Gasteiger partial charge in [-0.25, -0.2) is 5.43 Å². The van der Waals surface area contributed by atoms with Crippen molar-refractivity contribution in [2.75, 3.05) is 0 Å². The fraction of sp³-hybridized carbons (Fsp3) is 0.294. The number of benzene rings is 2. The molecule has 1 N–H and O–H groups in total. The number of rotatable bonds is 3. The Kier molecular flexibility index (Phi) is 2.72. The monoisotopic (exact) mass is 304 g/mol. The summed E-state index contributed by atoms with van der Waals surface area (Å²) in [5.74, 6) is 0. The van der Waals surface area contributed by atoms with Crippen LogP contribution in [0.5, 0.6) is 0 Å². The highest BCUT2D eigenvalue weighted by atomic mass is 19.4. The van der Waals surface area contributed by atoms with E-state index in [2.05, 4.69) is 5.43 Å². The molecule has 2 atom stereocenters. The average Bonchev–Trinajstić information content (AvgIpc) is 3.40. The zero-order chi connectivity index (χ0) is 15.4. The minimum absolute atomic E-state index is 0.240. The van der Waals surface area contributed by atoms with Gasteiger partial charge < -0.3 is 0 Å². The number of nitrogens with zero attached hydrogens (tertiary/aromatic N) is 1. The molecule has 114 valence electrons. The standard InChI is InChI=1S/C17H15F3N2/c18-17(19,20)16(14-9-5-2-6-10-14)21-22(16)15(11-12-15)13-7-3-1-4-8-13/h1-10,21H,11-12H2. The van der Waals surface area contributed by atoms with Gasteiger partial charge in [0.1, 0.15) is 0 Å². The van der Waals surface area contributed by atoms with Gasteiger partial charge >= 0.3 is 6.18 Å². The van der Waals surface area contributed by atoms with Gasteiger partial charge in [0.2, 0.25) is 5.66 Å². The number of nitrogens with one attached hydrogen (secondary N) is 1. The van der Waals surface area contributed by atoms with Crippen LogP contribution in [-0.2, 0) is 11.2 Å². The van der Waals surface area contributed by atoms with E-state index in [0.717, 1.165) is 18.4 Å². The molecule has 0 spiro atoms. The molecule has 0 amide bonds. The largest absolute Gasteiger partial charge is 0.427 e.